The van der Waals surface area contributed by atoms with Crippen LogP contribution in [0.4, 0.5) is 0 Å². The minimum absolute atomic E-state index is 0.0463. The van der Waals surface area contributed by atoms with Crippen molar-refractivity contribution in [1.82, 2.24) is 0 Å². The van der Waals surface area contributed by atoms with E-state index in [1.54, 1.807) is 0 Å². The van der Waals surface area contributed by atoms with Crippen molar-refractivity contribution in [2.24, 2.45) is 11.8 Å². The maximum absolute atomic E-state index is 13.0. The number of hydrogen-bond acceptors (Lipinski definition) is 3. The van der Waals surface area contributed by atoms with Gasteiger partial charge in [0, 0.05) is 5.92 Å². The van der Waals surface area contributed by atoms with Crippen LogP contribution in [0.5, 0.6) is 0 Å². The summed E-state index contributed by atoms with van der Waals surface area (Å²) in [5.41, 5.74) is -0.844. The standard InChI is InChI=1S/C21H32O3/c1-4-19(15-14-16(2)3)24-20(22)21(23,18-12-8-9-13-18)17-10-6-5-7-11-17/h5-7,10-11,16,18-19,23H,4,8-9,12-15H2,1-3H3. The van der Waals surface area contributed by atoms with Crippen LogP contribution in [0.3, 0.4) is 0 Å². The number of esters is 1. The second-order valence-corrected chi connectivity index (χ2v) is 7.52. The lowest BCUT2D eigenvalue weighted by atomic mass is 9.80. The van der Waals surface area contributed by atoms with Crippen LogP contribution in [0.25, 0.3) is 0 Å². The molecule has 0 saturated heterocycles. The molecule has 0 bridgehead atoms. The lowest BCUT2D eigenvalue weighted by molar-refractivity contribution is -0.180. The molecule has 2 atom stereocenters. The van der Waals surface area contributed by atoms with E-state index in [2.05, 4.69) is 13.8 Å². The number of benzene rings is 1. The van der Waals surface area contributed by atoms with Gasteiger partial charge in [0.1, 0.15) is 6.10 Å². The Morgan fingerprint density at radius 3 is 2.38 bits per heavy atom. The van der Waals surface area contributed by atoms with Crippen LogP contribution < -0.4 is 0 Å². The van der Waals surface area contributed by atoms with Gasteiger partial charge in [0.15, 0.2) is 5.60 Å². The van der Waals surface area contributed by atoms with Gasteiger partial charge in [0.2, 0.25) is 0 Å². The van der Waals surface area contributed by atoms with Gasteiger partial charge in [-0.3, -0.25) is 0 Å². The quantitative estimate of drug-likeness (QED) is 0.694. The molecule has 0 radical (unpaired) electrons. The van der Waals surface area contributed by atoms with E-state index in [9.17, 15) is 9.90 Å². The Morgan fingerprint density at radius 1 is 1.21 bits per heavy atom. The Labute approximate surface area is 146 Å². The maximum Gasteiger partial charge on any atom is 0.343 e. The highest BCUT2D eigenvalue weighted by molar-refractivity contribution is 5.81. The van der Waals surface area contributed by atoms with Crippen LogP contribution >= 0.6 is 0 Å². The van der Waals surface area contributed by atoms with Crippen molar-refractivity contribution in [3.05, 3.63) is 35.9 Å². The van der Waals surface area contributed by atoms with Gasteiger partial charge in [-0.2, -0.15) is 0 Å². The molecule has 3 heteroatoms. The van der Waals surface area contributed by atoms with Gasteiger partial charge in [-0.25, -0.2) is 4.79 Å². The Balaban J connectivity index is 2.18. The maximum atomic E-state index is 13.0. The SMILES string of the molecule is CCC(CCC(C)C)OC(=O)C(O)(c1ccccc1)C1CCCC1. The Hall–Kier alpha value is -1.35. The summed E-state index contributed by atoms with van der Waals surface area (Å²) in [6.07, 6.45) is 6.45. The Bertz CT molecular complexity index is 505. The molecule has 2 rings (SSSR count). The molecule has 0 spiro atoms. The number of ether oxygens (including phenoxy) is 1. The average Bonchev–Trinajstić information content (AvgIpc) is 3.13. The molecular weight excluding hydrogens is 300 g/mol. The van der Waals surface area contributed by atoms with Gasteiger partial charge in [0.25, 0.3) is 0 Å². The molecule has 1 aliphatic carbocycles. The highest BCUT2D eigenvalue weighted by Gasteiger charge is 2.48. The first-order chi connectivity index (χ1) is 11.5. The first-order valence-corrected chi connectivity index (χ1v) is 9.47. The third-order valence-electron chi connectivity index (χ3n) is 5.27. The normalized spacial score (nSPS) is 19.2. The first kappa shape index (κ1) is 19.0. The number of aliphatic hydroxyl groups is 1. The molecule has 0 aliphatic heterocycles. The smallest absolute Gasteiger partial charge is 0.343 e. The molecule has 1 aliphatic rings. The van der Waals surface area contributed by atoms with Gasteiger partial charge >= 0.3 is 5.97 Å². The van der Waals surface area contributed by atoms with E-state index in [0.717, 1.165) is 44.9 Å². The van der Waals surface area contributed by atoms with Crippen LogP contribution in [0.2, 0.25) is 0 Å². The lowest BCUT2D eigenvalue weighted by Crippen LogP contribution is -2.44. The number of rotatable bonds is 8. The van der Waals surface area contributed by atoms with Crippen molar-refractivity contribution < 1.29 is 14.6 Å². The molecule has 1 N–H and O–H groups in total. The van der Waals surface area contributed by atoms with Crippen molar-refractivity contribution in [1.29, 1.82) is 0 Å². The molecule has 1 aromatic rings. The molecule has 24 heavy (non-hydrogen) atoms. The van der Waals surface area contributed by atoms with E-state index < -0.39 is 11.6 Å². The summed E-state index contributed by atoms with van der Waals surface area (Å²) >= 11 is 0. The Kier molecular flexibility index (Phi) is 6.85. The van der Waals surface area contributed by atoms with Gasteiger partial charge < -0.3 is 9.84 Å². The third-order valence-corrected chi connectivity index (χ3v) is 5.27. The summed E-state index contributed by atoms with van der Waals surface area (Å²) in [5.74, 6) is 0.0757. The molecule has 134 valence electrons. The summed E-state index contributed by atoms with van der Waals surface area (Å²) in [6, 6.07) is 9.34. The summed E-state index contributed by atoms with van der Waals surface area (Å²) in [5, 5.41) is 11.4. The molecule has 2 unspecified atom stereocenters. The predicted molar refractivity (Wildman–Crippen MR) is 96.5 cm³/mol. The van der Waals surface area contributed by atoms with E-state index in [1.807, 2.05) is 37.3 Å². The summed E-state index contributed by atoms with van der Waals surface area (Å²) in [6.45, 7) is 6.39. The fraction of sp³-hybridized carbons (Fsp3) is 0.667. The second kappa shape index (κ2) is 8.66. The van der Waals surface area contributed by atoms with Gasteiger partial charge in [-0.1, -0.05) is 63.9 Å². The average molecular weight is 332 g/mol. The van der Waals surface area contributed by atoms with Crippen molar-refractivity contribution in [2.45, 2.75) is 77.4 Å². The number of carbonyl (C=O) groups excluding carboxylic acids is 1. The topological polar surface area (TPSA) is 46.5 Å². The van der Waals surface area contributed by atoms with Crippen LogP contribution in [0.1, 0.15) is 71.3 Å². The van der Waals surface area contributed by atoms with Crippen LogP contribution in [-0.4, -0.2) is 17.2 Å². The monoisotopic (exact) mass is 332 g/mol. The molecule has 0 heterocycles. The number of carbonyl (C=O) groups is 1. The predicted octanol–water partition coefficient (Wildman–Crippen LogP) is 4.82. The minimum Gasteiger partial charge on any atom is -0.460 e. The minimum atomic E-state index is -1.51. The molecule has 1 aromatic carbocycles. The summed E-state index contributed by atoms with van der Waals surface area (Å²) < 4.78 is 5.79. The zero-order valence-electron chi connectivity index (χ0n) is 15.3. The van der Waals surface area contributed by atoms with Crippen LogP contribution in [0, 0.1) is 11.8 Å². The van der Waals surface area contributed by atoms with Crippen molar-refractivity contribution in [2.75, 3.05) is 0 Å². The fourth-order valence-electron chi connectivity index (χ4n) is 3.66. The molecular formula is C21H32O3. The highest BCUT2D eigenvalue weighted by atomic mass is 16.6. The van der Waals surface area contributed by atoms with E-state index in [4.69, 9.17) is 4.74 Å². The van der Waals surface area contributed by atoms with E-state index >= 15 is 0 Å². The largest absolute Gasteiger partial charge is 0.460 e. The van der Waals surface area contributed by atoms with Crippen molar-refractivity contribution >= 4 is 5.97 Å². The zero-order chi connectivity index (χ0) is 17.6. The molecule has 3 nitrogen and oxygen atoms in total. The first-order valence-electron chi connectivity index (χ1n) is 9.47. The van der Waals surface area contributed by atoms with Gasteiger partial charge in [-0.15, -0.1) is 0 Å². The molecule has 1 saturated carbocycles. The third kappa shape index (κ3) is 4.38. The second-order valence-electron chi connectivity index (χ2n) is 7.52. The zero-order valence-corrected chi connectivity index (χ0v) is 15.3. The van der Waals surface area contributed by atoms with Crippen molar-refractivity contribution in [3.8, 4) is 0 Å². The molecule has 0 aromatic heterocycles. The van der Waals surface area contributed by atoms with Crippen molar-refractivity contribution in [3.63, 3.8) is 0 Å². The fourth-order valence-corrected chi connectivity index (χ4v) is 3.66. The number of hydrogen-bond donors (Lipinski definition) is 1. The van der Waals surface area contributed by atoms with E-state index in [1.165, 1.54) is 0 Å². The van der Waals surface area contributed by atoms with Gasteiger partial charge in [-0.05, 0) is 43.6 Å². The van der Waals surface area contributed by atoms with Crippen LogP contribution in [-0.2, 0) is 15.1 Å². The van der Waals surface area contributed by atoms with E-state index in [0.29, 0.717) is 11.5 Å². The highest BCUT2D eigenvalue weighted by Crippen LogP contribution is 2.41. The summed E-state index contributed by atoms with van der Waals surface area (Å²) in [7, 11) is 0. The summed E-state index contributed by atoms with van der Waals surface area (Å²) in [4.78, 5) is 13.0. The Morgan fingerprint density at radius 2 is 1.83 bits per heavy atom. The molecule has 0 amide bonds. The van der Waals surface area contributed by atoms with Crippen LogP contribution in [0.15, 0.2) is 30.3 Å². The van der Waals surface area contributed by atoms with E-state index in [-0.39, 0.29) is 12.0 Å². The van der Waals surface area contributed by atoms with Gasteiger partial charge in [0.05, 0.1) is 0 Å². The lowest BCUT2D eigenvalue weighted by Gasteiger charge is -2.33. The molecule has 1 fully saturated rings.